The zero-order valence-electron chi connectivity index (χ0n) is 17.9. The lowest BCUT2D eigenvalue weighted by Crippen LogP contribution is -2.46. The van der Waals surface area contributed by atoms with E-state index in [1.54, 1.807) is 36.3 Å². The summed E-state index contributed by atoms with van der Waals surface area (Å²) in [6.45, 7) is 4.86. The van der Waals surface area contributed by atoms with E-state index in [4.69, 9.17) is 19.4 Å². The molecule has 3 N–H and O–H groups in total. The van der Waals surface area contributed by atoms with Gasteiger partial charge in [0.1, 0.15) is 5.75 Å². The van der Waals surface area contributed by atoms with Crippen molar-refractivity contribution >= 4 is 18.0 Å². The van der Waals surface area contributed by atoms with Crippen LogP contribution in [0.2, 0.25) is 0 Å². The number of amides is 2. The number of halogens is 3. The molecule has 0 spiro atoms. The molecule has 1 aromatic carbocycles. The summed E-state index contributed by atoms with van der Waals surface area (Å²) in [6, 6.07) is 7.44. The fraction of sp³-hybridized carbons (Fsp3) is 0.550. The highest BCUT2D eigenvalue weighted by molar-refractivity contribution is 5.94. The van der Waals surface area contributed by atoms with Gasteiger partial charge >= 0.3 is 18.2 Å². The molecule has 0 aliphatic carbocycles. The molecule has 9 nitrogen and oxygen atoms in total. The summed E-state index contributed by atoms with van der Waals surface area (Å²) in [5.74, 6) is -2.20. The quantitative estimate of drug-likeness (QED) is 0.531. The molecule has 1 fully saturated rings. The Morgan fingerprint density at radius 3 is 2.34 bits per heavy atom. The largest absolute Gasteiger partial charge is 0.497 e. The number of likely N-dealkylation sites (tertiary alicyclic amines) is 1. The van der Waals surface area contributed by atoms with Crippen molar-refractivity contribution in [3.05, 3.63) is 29.8 Å². The van der Waals surface area contributed by atoms with Gasteiger partial charge in [-0.3, -0.25) is 4.79 Å². The number of alkyl halides is 3. The average Bonchev–Trinajstić information content (AvgIpc) is 2.77. The molecule has 32 heavy (non-hydrogen) atoms. The molecule has 0 unspecified atom stereocenters. The topological polar surface area (TPSA) is 117 Å². The summed E-state index contributed by atoms with van der Waals surface area (Å²) in [5, 5.41) is 13.4. The van der Waals surface area contributed by atoms with Crippen LogP contribution < -0.4 is 15.4 Å². The molecule has 180 valence electrons. The van der Waals surface area contributed by atoms with Gasteiger partial charge in [0.15, 0.2) is 0 Å². The van der Waals surface area contributed by atoms with Crippen molar-refractivity contribution in [1.29, 1.82) is 0 Å². The lowest BCUT2D eigenvalue weighted by atomic mass is 10.1. The molecule has 1 aromatic rings. The zero-order chi connectivity index (χ0) is 24.1. The third-order valence-corrected chi connectivity index (χ3v) is 4.44. The molecule has 0 saturated carbocycles. The maximum Gasteiger partial charge on any atom is 0.490 e. The fourth-order valence-electron chi connectivity index (χ4n) is 2.80. The first kappa shape index (κ1) is 27.0. The Balaban J connectivity index is 0.000000633. The predicted octanol–water partition coefficient (Wildman–Crippen LogP) is 2.27. The van der Waals surface area contributed by atoms with E-state index in [0.717, 1.165) is 12.8 Å². The molecule has 1 aliphatic heterocycles. The predicted molar refractivity (Wildman–Crippen MR) is 109 cm³/mol. The summed E-state index contributed by atoms with van der Waals surface area (Å²) in [7, 11) is 1.58. The summed E-state index contributed by atoms with van der Waals surface area (Å²) < 4.78 is 41.9. The number of nitrogens with zero attached hydrogens (tertiary/aromatic N) is 1. The first-order chi connectivity index (χ1) is 15.1. The Hall–Kier alpha value is -3.02. The minimum absolute atomic E-state index is 0.113. The maximum absolute atomic E-state index is 12.1. The highest BCUT2D eigenvalue weighted by atomic mass is 19.4. The van der Waals surface area contributed by atoms with Crippen LogP contribution in [-0.4, -0.2) is 80.1 Å². The van der Waals surface area contributed by atoms with E-state index >= 15 is 0 Å². The number of carboxylic acid groups (broad SMARTS) is 1. The Labute approximate surface area is 183 Å². The second kappa shape index (κ2) is 13.4. The van der Waals surface area contributed by atoms with Crippen molar-refractivity contribution in [3.8, 4) is 5.75 Å². The van der Waals surface area contributed by atoms with Crippen LogP contribution in [0.4, 0.5) is 18.0 Å². The van der Waals surface area contributed by atoms with E-state index < -0.39 is 12.1 Å². The molecule has 0 radical (unpaired) electrons. The van der Waals surface area contributed by atoms with Crippen LogP contribution in [0.1, 0.15) is 30.1 Å². The first-order valence-corrected chi connectivity index (χ1v) is 9.95. The molecule has 1 saturated heterocycles. The Bertz CT molecular complexity index is 752. The van der Waals surface area contributed by atoms with E-state index in [2.05, 4.69) is 10.6 Å². The fourth-order valence-corrected chi connectivity index (χ4v) is 2.80. The molecule has 0 bridgehead atoms. The number of carbonyl (C=O) groups is 3. The number of rotatable bonds is 7. The van der Waals surface area contributed by atoms with Crippen molar-refractivity contribution in [2.75, 3.05) is 39.9 Å². The van der Waals surface area contributed by atoms with Crippen molar-refractivity contribution in [2.24, 2.45) is 0 Å². The summed E-state index contributed by atoms with van der Waals surface area (Å²) in [5.41, 5.74) is 0.585. The van der Waals surface area contributed by atoms with E-state index in [-0.39, 0.29) is 12.0 Å². The summed E-state index contributed by atoms with van der Waals surface area (Å²) in [4.78, 5) is 34.4. The molecule has 12 heteroatoms. The number of ether oxygens (including phenoxy) is 2. The summed E-state index contributed by atoms with van der Waals surface area (Å²) >= 11 is 0. The second-order valence-corrected chi connectivity index (χ2v) is 6.71. The summed E-state index contributed by atoms with van der Waals surface area (Å²) in [6.07, 6.45) is -3.53. The van der Waals surface area contributed by atoms with Gasteiger partial charge in [-0.05, 0) is 38.0 Å². The number of hydrogen-bond donors (Lipinski definition) is 3. The Morgan fingerprint density at radius 2 is 1.81 bits per heavy atom. The minimum atomic E-state index is -5.08. The third kappa shape index (κ3) is 9.86. The number of carboxylic acids is 1. The van der Waals surface area contributed by atoms with Gasteiger partial charge in [-0.15, -0.1) is 0 Å². The number of nitrogens with one attached hydrogen (secondary N) is 2. The van der Waals surface area contributed by atoms with Gasteiger partial charge in [0.25, 0.3) is 5.91 Å². The molecule has 0 aromatic heterocycles. The van der Waals surface area contributed by atoms with Crippen LogP contribution in [0.25, 0.3) is 0 Å². The van der Waals surface area contributed by atoms with Crippen LogP contribution in [-0.2, 0) is 9.53 Å². The number of hydrogen-bond acceptors (Lipinski definition) is 6. The Morgan fingerprint density at radius 1 is 1.19 bits per heavy atom. The SMILES string of the molecule is CCOC(=O)N1CCC(NCCNC(=O)c2cccc(OC)c2)CC1.O=C(O)C(F)(F)F. The average molecular weight is 463 g/mol. The molecule has 1 heterocycles. The Kier molecular flexibility index (Phi) is 11.3. The van der Waals surface area contributed by atoms with Crippen LogP contribution in [0.15, 0.2) is 24.3 Å². The van der Waals surface area contributed by atoms with E-state index in [9.17, 15) is 22.8 Å². The van der Waals surface area contributed by atoms with Gasteiger partial charge in [-0.25, -0.2) is 9.59 Å². The first-order valence-electron chi connectivity index (χ1n) is 9.95. The van der Waals surface area contributed by atoms with Gasteiger partial charge in [0.05, 0.1) is 13.7 Å². The molecule has 2 rings (SSSR count). The molecular weight excluding hydrogens is 435 g/mol. The van der Waals surface area contributed by atoms with Crippen molar-refractivity contribution < 1.29 is 42.1 Å². The van der Waals surface area contributed by atoms with E-state index in [1.165, 1.54) is 0 Å². The molecular formula is C20H28F3N3O6. The lowest BCUT2D eigenvalue weighted by molar-refractivity contribution is -0.192. The van der Waals surface area contributed by atoms with Crippen molar-refractivity contribution in [2.45, 2.75) is 32.0 Å². The number of piperidine rings is 1. The maximum atomic E-state index is 12.1. The monoisotopic (exact) mass is 463 g/mol. The van der Waals surface area contributed by atoms with Crippen molar-refractivity contribution in [3.63, 3.8) is 0 Å². The van der Waals surface area contributed by atoms with Gasteiger partial charge < -0.3 is 30.1 Å². The second-order valence-electron chi connectivity index (χ2n) is 6.71. The van der Waals surface area contributed by atoms with Crippen LogP contribution in [0.3, 0.4) is 0 Å². The minimum Gasteiger partial charge on any atom is -0.497 e. The van der Waals surface area contributed by atoms with Gasteiger partial charge in [-0.1, -0.05) is 6.07 Å². The number of carbonyl (C=O) groups excluding carboxylic acids is 2. The van der Waals surface area contributed by atoms with Crippen LogP contribution >= 0.6 is 0 Å². The highest BCUT2D eigenvalue weighted by Crippen LogP contribution is 2.14. The van der Waals surface area contributed by atoms with Crippen LogP contribution in [0, 0.1) is 0 Å². The lowest BCUT2D eigenvalue weighted by Gasteiger charge is -2.31. The number of aliphatic carboxylic acids is 1. The van der Waals surface area contributed by atoms with Crippen molar-refractivity contribution in [1.82, 2.24) is 15.5 Å². The number of methoxy groups -OCH3 is 1. The van der Waals surface area contributed by atoms with E-state index in [1.807, 2.05) is 6.92 Å². The molecule has 0 atom stereocenters. The molecule has 1 aliphatic rings. The standard InChI is InChI=1S/C18H27N3O4.C2HF3O2/c1-3-25-18(23)21-11-7-15(8-12-21)19-9-10-20-17(22)14-5-4-6-16(13-14)24-2;3-2(4,5)1(6)7/h4-6,13,15,19H,3,7-12H2,1-2H3,(H,20,22);(H,6,7). The molecule has 2 amide bonds. The third-order valence-electron chi connectivity index (χ3n) is 4.44. The smallest absolute Gasteiger partial charge is 0.490 e. The van der Waals surface area contributed by atoms with Gasteiger partial charge in [0.2, 0.25) is 0 Å². The van der Waals surface area contributed by atoms with Gasteiger partial charge in [-0.2, -0.15) is 13.2 Å². The van der Waals surface area contributed by atoms with Crippen LogP contribution in [0.5, 0.6) is 5.75 Å². The zero-order valence-corrected chi connectivity index (χ0v) is 17.9. The highest BCUT2D eigenvalue weighted by Gasteiger charge is 2.38. The number of benzene rings is 1. The van der Waals surface area contributed by atoms with E-state index in [0.29, 0.717) is 50.1 Å². The van der Waals surface area contributed by atoms with Gasteiger partial charge in [0, 0.05) is 37.8 Å². The normalized spacial score (nSPS) is 14.1.